The summed E-state index contributed by atoms with van der Waals surface area (Å²) in [5.74, 6) is -0.0241. The highest BCUT2D eigenvalue weighted by Gasteiger charge is 2.33. The van der Waals surface area contributed by atoms with Gasteiger partial charge in [0.15, 0.2) is 0 Å². The average Bonchev–Trinajstić information content (AvgIpc) is 2.68. The van der Waals surface area contributed by atoms with Gasteiger partial charge in [-0.2, -0.15) is 0 Å². The van der Waals surface area contributed by atoms with E-state index in [-0.39, 0.29) is 17.9 Å². The van der Waals surface area contributed by atoms with Gasteiger partial charge in [-0.15, -0.1) is 11.3 Å². The van der Waals surface area contributed by atoms with Crippen LogP contribution >= 0.6 is 11.3 Å². The maximum absolute atomic E-state index is 12.7. The zero-order chi connectivity index (χ0) is 15.6. The summed E-state index contributed by atoms with van der Waals surface area (Å²) in [6.07, 6.45) is 1.91. The molecule has 2 rings (SSSR count). The number of aryl methyl sites for hydroxylation is 2. The highest BCUT2D eigenvalue weighted by atomic mass is 32.1. The van der Waals surface area contributed by atoms with Crippen molar-refractivity contribution in [2.24, 2.45) is 0 Å². The number of nitrogens with zero attached hydrogens (tertiary/aromatic N) is 2. The lowest BCUT2D eigenvalue weighted by molar-refractivity contribution is -0.135. The lowest BCUT2D eigenvalue weighted by Crippen LogP contribution is -2.45. The minimum absolute atomic E-state index is 0.0145. The normalized spacial score (nSPS) is 23.1. The molecule has 0 saturated carbocycles. The summed E-state index contributed by atoms with van der Waals surface area (Å²) >= 11 is 1.62. The van der Waals surface area contributed by atoms with Gasteiger partial charge < -0.3 is 10.2 Å². The number of carbonyl (C=O) groups excluding carboxylic acids is 2. The molecule has 21 heavy (non-hydrogen) atoms. The molecule has 5 nitrogen and oxygen atoms in total. The SMILES string of the molecule is CCCC1NC(=O)CC(C)N(Cc2nc(C)c(C)s2)C1=O. The minimum Gasteiger partial charge on any atom is -0.344 e. The number of thiazole rings is 1. The second-order valence-electron chi connectivity index (χ2n) is 5.68. The van der Waals surface area contributed by atoms with Crippen LogP contribution in [-0.4, -0.2) is 33.8 Å². The molecule has 0 spiro atoms. The van der Waals surface area contributed by atoms with Crippen LogP contribution in [0, 0.1) is 13.8 Å². The Balaban J connectivity index is 2.21. The van der Waals surface area contributed by atoms with Crippen molar-refractivity contribution in [2.75, 3.05) is 0 Å². The Morgan fingerprint density at radius 1 is 1.38 bits per heavy atom. The number of aromatic nitrogens is 1. The molecule has 1 N–H and O–H groups in total. The van der Waals surface area contributed by atoms with Crippen LogP contribution < -0.4 is 5.32 Å². The Bertz CT molecular complexity index is 522. The van der Waals surface area contributed by atoms with Gasteiger partial charge in [-0.1, -0.05) is 13.3 Å². The van der Waals surface area contributed by atoms with E-state index >= 15 is 0 Å². The molecule has 0 bridgehead atoms. The van der Waals surface area contributed by atoms with E-state index in [1.54, 1.807) is 16.2 Å². The predicted octanol–water partition coefficient (Wildman–Crippen LogP) is 2.17. The molecular weight excluding hydrogens is 286 g/mol. The lowest BCUT2D eigenvalue weighted by atomic mass is 10.1. The van der Waals surface area contributed by atoms with Crippen LogP contribution in [0.5, 0.6) is 0 Å². The second kappa shape index (κ2) is 6.56. The molecule has 0 aromatic carbocycles. The predicted molar refractivity (Wildman–Crippen MR) is 83.1 cm³/mol. The van der Waals surface area contributed by atoms with Crippen molar-refractivity contribution in [3.63, 3.8) is 0 Å². The maximum Gasteiger partial charge on any atom is 0.245 e. The van der Waals surface area contributed by atoms with Gasteiger partial charge in [0, 0.05) is 17.3 Å². The summed E-state index contributed by atoms with van der Waals surface area (Å²) in [4.78, 5) is 32.0. The molecule has 1 aromatic heterocycles. The van der Waals surface area contributed by atoms with Crippen molar-refractivity contribution in [2.45, 2.75) is 65.6 Å². The van der Waals surface area contributed by atoms with Crippen molar-refractivity contribution in [1.29, 1.82) is 0 Å². The first-order valence-corrected chi connectivity index (χ1v) is 8.26. The molecule has 2 unspecified atom stereocenters. The molecule has 1 fully saturated rings. The molecule has 1 saturated heterocycles. The van der Waals surface area contributed by atoms with Crippen LogP contribution in [0.15, 0.2) is 0 Å². The smallest absolute Gasteiger partial charge is 0.245 e. The third-order valence-corrected chi connectivity index (χ3v) is 4.94. The van der Waals surface area contributed by atoms with Gasteiger partial charge >= 0.3 is 0 Å². The molecule has 2 amide bonds. The van der Waals surface area contributed by atoms with E-state index in [1.807, 2.05) is 27.7 Å². The minimum atomic E-state index is -0.394. The van der Waals surface area contributed by atoms with Gasteiger partial charge in [0.05, 0.1) is 12.2 Å². The van der Waals surface area contributed by atoms with Crippen LogP contribution in [0.2, 0.25) is 0 Å². The Morgan fingerprint density at radius 2 is 2.10 bits per heavy atom. The topological polar surface area (TPSA) is 62.3 Å². The standard InChI is InChI=1S/C15H23N3O2S/c1-5-6-12-15(20)18(9(2)7-13(19)17-12)8-14-16-10(3)11(4)21-14/h9,12H,5-8H2,1-4H3,(H,17,19). The molecule has 0 aliphatic carbocycles. The van der Waals surface area contributed by atoms with E-state index in [1.165, 1.54) is 4.88 Å². The largest absolute Gasteiger partial charge is 0.344 e. The summed E-state index contributed by atoms with van der Waals surface area (Å²) in [5, 5.41) is 3.78. The molecule has 2 heterocycles. The lowest BCUT2D eigenvalue weighted by Gasteiger charge is -2.27. The molecule has 2 atom stereocenters. The fourth-order valence-corrected chi connectivity index (χ4v) is 3.51. The van der Waals surface area contributed by atoms with Gasteiger partial charge in [-0.05, 0) is 27.2 Å². The van der Waals surface area contributed by atoms with Crippen LogP contribution in [0.4, 0.5) is 0 Å². The first-order valence-electron chi connectivity index (χ1n) is 7.45. The Morgan fingerprint density at radius 3 is 2.67 bits per heavy atom. The molecule has 1 aliphatic rings. The van der Waals surface area contributed by atoms with Crippen LogP contribution in [0.1, 0.15) is 48.7 Å². The summed E-state index contributed by atoms with van der Waals surface area (Å²) in [6, 6.07) is -0.488. The third-order valence-electron chi connectivity index (χ3n) is 3.89. The molecule has 1 aliphatic heterocycles. The van der Waals surface area contributed by atoms with Gasteiger partial charge in [0.25, 0.3) is 0 Å². The number of rotatable bonds is 4. The Hall–Kier alpha value is -1.43. The summed E-state index contributed by atoms with van der Waals surface area (Å²) in [6.45, 7) is 8.46. The fourth-order valence-electron chi connectivity index (χ4n) is 2.58. The van der Waals surface area contributed by atoms with Crippen molar-refractivity contribution in [1.82, 2.24) is 15.2 Å². The van der Waals surface area contributed by atoms with E-state index in [0.717, 1.165) is 17.1 Å². The average molecular weight is 309 g/mol. The third kappa shape index (κ3) is 3.61. The summed E-state index contributed by atoms with van der Waals surface area (Å²) in [5.41, 5.74) is 1.02. The highest BCUT2D eigenvalue weighted by Crippen LogP contribution is 2.22. The highest BCUT2D eigenvalue weighted by molar-refractivity contribution is 7.11. The van der Waals surface area contributed by atoms with Gasteiger partial charge in [0.1, 0.15) is 11.0 Å². The molecule has 1 aromatic rings. The molecule has 0 radical (unpaired) electrons. The van der Waals surface area contributed by atoms with Crippen LogP contribution in [0.25, 0.3) is 0 Å². The van der Waals surface area contributed by atoms with Gasteiger partial charge in [-0.25, -0.2) is 4.98 Å². The van der Waals surface area contributed by atoms with E-state index < -0.39 is 6.04 Å². The summed E-state index contributed by atoms with van der Waals surface area (Å²) in [7, 11) is 0. The van der Waals surface area contributed by atoms with Crippen LogP contribution in [0.3, 0.4) is 0 Å². The second-order valence-corrected chi connectivity index (χ2v) is 6.97. The van der Waals surface area contributed by atoms with E-state index in [0.29, 0.717) is 19.4 Å². The van der Waals surface area contributed by atoms with E-state index in [9.17, 15) is 9.59 Å². The van der Waals surface area contributed by atoms with Crippen molar-refractivity contribution < 1.29 is 9.59 Å². The number of nitrogens with one attached hydrogen (secondary N) is 1. The maximum atomic E-state index is 12.7. The van der Waals surface area contributed by atoms with E-state index in [2.05, 4.69) is 10.3 Å². The number of carbonyl (C=O) groups is 2. The molecular formula is C15H23N3O2S. The molecule has 116 valence electrons. The number of hydrogen-bond donors (Lipinski definition) is 1. The number of amides is 2. The van der Waals surface area contributed by atoms with Gasteiger partial charge in [0.2, 0.25) is 11.8 Å². The number of hydrogen-bond acceptors (Lipinski definition) is 4. The first-order chi connectivity index (χ1) is 9.92. The molecule has 6 heteroatoms. The zero-order valence-corrected chi connectivity index (χ0v) is 13.9. The zero-order valence-electron chi connectivity index (χ0n) is 13.1. The fraction of sp³-hybridized carbons (Fsp3) is 0.667. The van der Waals surface area contributed by atoms with Crippen LogP contribution in [-0.2, 0) is 16.1 Å². The monoisotopic (exact) mass is 309 g/mol. The summed E-state index contributed by atoms with van der Waals surface area (Å²) < 4.78 is 0. The quantitative estimate of drug-likeness (QED) is 0.927. The first kappa shape index (κ1) is 15.9. The van der Waals surface area contributed by atoms with Gasteiger partial charge in [-0.3, -0.25) is 9.59 Å². The van der Waals surface area contributed by atoms with Crippen molar-refractivity contribution in [3.8, 4) is 0 Å². The van der Waals surface area contributed by atoms with E-state index in [4.69, 9.17) is 0 Å². The Kier molecular flexibility index (Phi) is 4.98. The van der Waals surface area contributed by atoms with Crippen molar-refractivity contribution in [3.05, 3.63) is 15.6 Å². The van der Waals surface area contributed by atoms with Crippen molar-refractivity contribution >= 4 is 23.2 Å². The Labute approximate surface area is 129 Å².